The van der Waals surface area contributed by atoms with E-state index in [9.17, 15) is 0 Å². The molecule has 2 saturated heterocycles. The first-order chi connectivity index (χ1) is 22.0. The molecule has 0 unspecified atom stereocenters. The van der Waals surface area contributed by atoms with Crippen molar-refractivity contribution in [1.82, 2.24) is 29.2 Å². The number of hydrogen-bond acceptors (Lipinski definition) is 8. The molecule has 0 radical (unpaired) electrons. The average molecular weight is 670 g/mol. The lowest BCUT2D eigenvalue weighted by molar-refractivity contribution is -0.162. The van der Waals surface area contributed by atoms with Gasteiger partial charge in [-0.1, -0.05) is 38.1 Å². The van der Waals surface area contributed by atoms with Crippen LogP contribution in [0, 0.1) is 0 Å². The van der Waals surface area contributed by atoms with E-state index < -0.39 is 0 Å². The maximum atomic E-state index is 6.09. The molecule has 0 atom stereocenters. The Bertz CT molecular complexity index is 1900. The van der Waals surface area contributed by atoms with Crippen LogP contribution in [0.1, 0.15) is 26.7 Å². The predicted octanol–water partition coefficient (Wildman–Crippen LogP) is 6.67. The van der Waals surface area contributed by atoms with Crippen LogP contribution in [-0.4, -0.2) is 66.8 Å². The summed E-state index contributed by atoms with van der Waals surface area (Å²) in [5.41, 5.74) is 5.57. The van der Waals surface area contributed by atoms with Gasteiger partial charge in [0.25, 0.3) is 0 Å². The number of rotatable bonds is 8. The minimum atomic E-state index is -0.149. The van der Waals surface area contributed by atoms with E-state index >= 15 is 0 Å². The minimum Gasteiger partial charge on any atom is -0.482 e. The van der Waals surface area contributed by atoms with Crippen molar-refractivity contribution in [1.29, 1.82) is 0 Å². The van der Waals surface area contributed by atoms with Gasteiger partial charge in [-0.2, -0.15) is 10.2 Å². The van der Waals surface area contributed by atoms with Gasteiger partial charge in [-0.25, -0.2) is 19.0 Å². The van der Waals surface area contributed by atoms with Gasteiger partial charge in [0.05, 0.1) is 43.3 Å². The van der Waals surface area contributed by atoms with Crippen LogP contribution in [0.15, 0.2) is 96.3 Å². The summed E-state index contributed by atoms with van der Waals surface area (Å²) in [6.07, 6.45) is 13.0. The summed E-state index contributed by atoms with van der Waals surface area (Å²) in [4.78, 5) is 8.83. The van der Waals surface area contributed by atoms with Gasteiger partial charge in [0, 0.05) is 42.0 Å². The molecule has 10 nitrogen and oxygen atoms in total. The number of nitrogens with zero attached hydrogens (tertiary/aromatic N) is 6. The molecule has 0 bridgehead atoms. The molecular weight excluding hydrogens is 636 g/mol. The zero-order chi connectivity index (χ0) is 30.9. The highest BCUT2D eigenvalue weighted by molar-refractivity contribution is 9.10. The topological polar surface area (TPSA) is 97.3 Å². The van der Waals surface area contributed by atoms with Crippen LogP contribution in [-0.2, 0) is 9.47 Å². The summed E-state index contributed by atoms with van der Waals surface area (Å²) in [5, 5.41) is 8.49. The molecule has 0 N–H and O–H groups in total. The van der Waals surface area contributed by atoms with Crippen molar-refractivity contribution in [3.8, 4) is 33.8 Å². The zero-order valence-corrected chi connectivity index (χ0v) is 26.7. The molecule has 0 amide bonds. The SMILES string of the molecule is CCC1(Oc2ccc(-c3cnc4c(Br)cnn4c3)cc2)COC1.CCC1(Oc2ccc(-c3cnc4ccnn4c3)cc2)COC1. The Hall–Kier alpha value is -4.32. The molecule has 2 aliphatic rings. The molecule has 0 spiro atoms. The third kappa shape index (κ3) is 6.03. The lowest BCUT2D eigenvalue weighted by Gasteiger charge is -2.40. The van der Waals surface area contributed by atoms with Crippen molar-refractivity contribution in [2.75, 3.05) is 26.4 Å². The van der Waals surface area contributed by atoms with Crippen LogP contribution in [0.25, 0.3) is 33.5 Å². The first-order valence-corrected chi connectivity index (χ1v) is 15.8. The molecule has 6 heterocycles. The molecule has 4 aromatic heterocycles. The molecule has 0 saturated carbocycles. The van der Waals surface area contributed by atoms with E-state index in [1.54, 1.807) is 21.4 Å². The summed E-state index contributed by atoms with van der Waals surface area (Å²) in [6.45, 7) is 6.93. The quantitative estimate of drug-likeness (QED) is 0.177. The Balaban J connectivity index is 0.000000145. The van der Waals surface area contributed by atoms with E-state index in [-0.39, 0.29) is 11.2 Å². The van der Waals surface area contributed by atoms with Gasteiger partial charge < -0.3 is 18.9 Å². The molecule has 2 aromatic carbocycles. The fourth-order valence-electron chi connectivity index (χ4n) is 5.21. The second-order valence-corrected chi connectivity index (χ2v) is 12.2. The van der Waals surface area contributed by atoms with Crippen LogP contribution in [0.4, 0.5) is 0 Å². The maximum absolute atomic E-state index is 6.09. The number of aromatic nitrogens is 6. The number of fused-ring (bicyclic) bond motifs is 2. The molecule has 8 rings (SSSR count). The molecule has 2 aliphatic heterocycles. The smallest absolute Gasteiger partial charge is 0.169 e. The Morgan fingerprint density at radius 2 is 1.20 bits per heavy atom. The highest BCUT2D eigenvalue weighted by Gasteiger charge is 2.40. The highest BCUT2D eigenvalue weighted by Crippen LogP contribution is 2.31. The van der Waals surface area contributed by atoms with Gasteiger partial charge in [0.15, 0.2) is 22.5 Å². The highest BCUT2D eigenvalue weighted by atomic mass is 79.9. The molecule has 11 heteroatoms. The van der Waals surface area contributed by atoms with Crippen molar-refractivity contribution in [2.24, 2.45) is 0 Å². The second kappa shape index (κ2) is 12.2. The van der Waals surface area contributed by atoms with Crippen LogP contribution in [0.2, 0.25) is 0 Å². The summed E-state index contributed by atoms with van der Waals surface area (Å²) >= 11 is 3.43. The van der Waals surface area contributed by atoms with Crippen LogP contribution in [0.5, 0.6) is 11.5 Å². The molecule has 230 valence electrons. The van der Waals surface area contributed by atoms with E-state index in [4.69, 9.17) is 18.9 Å². The summed E-state index contributed by atoms with van der Waals surface area (Å²) in [7, 11) is 0. The minimum absolute atomic E-state index is 0.142. The van der Waals surface area contributed by atoms with Gasteiger partial charge in [-0.05, 0) is 64.2 Å². The monoisotopic (exact) mass is 668 g/mol. The Kier molecular flexibility index (Phi) is 7.99. The van der Waals surface area contributed by atoms with Gasteiger partial charge in [-0.15, -0.1) is 0 Å². The normalized spacial score (nSPS) is 16.3. The third-order valence-corrected chi connectivity index (χ3v) is 8.91. The Morgan fingerprint density at radius 3 is 1.71 bits per heavy atom. The van der Waals surface area contributed by atoms with E-state index in [1.165, 1.54) is 0 Å². The Labute approximate surface area is 269 Å². The molecule has 45 heavy (non-hydrogen) atoms. The first-order valence-electron chi connectivity index (χ1n) is 15.0. The van der Waals surface area contributed by atoms with E-state index in [0.29, 0.717) is 26.4 Å². The molecule has 2 fully saturated rings. The van der Waals surface area contributed by atoms with Crippen molar-refractivity contribution >= 4 is 27.2 Å². The number of hydrogen-bond donors (Lipinski definition) is 0. The van der Waals surface area contributed by atoms with Gasteiger partial charge in [-0.3, -0.25) is 0 Å². The van der Waals surface area contributed by atoms with E-state index in [1.807, 2.05) is 79.4 Å². The Morgan fingerprint density at radius 1 is 0.667 bits per heavy atom. The van der Waals surface area contributed by atoms with E-state index in [0.717, 1.165) is 62.4 Å². The average Bonchev–Trinajstić information content (AvgIpc) is 3.67. The lowest BCUT2D eigenvalue weighted by atomic mass is 9.98. The van der Waals surface area contributed by atoms with E-state index in [2.05, 4.69) is 49.9 Å². The number of ether oxygens (including phenoxy) is 4. The standard InChI is InChI=1S/C17H16BrN3O2.C17H17N3O2/c1-2-17(10-22-11-17)23-14-5-3-12(4-6-14)13-7-19-16-15(18)8-20-21(16)9-13;1-2-17(11-21-12-17)22-15-5-3-13(4-6-15)14-9-18-16-7-8-19-20(16)10-14/h3-9H,2,10-11H2,1H3;3-10H,2,11-12H2,1H3. The second-order valence-electron chi connectivity index (χ2n) is 11.4. The van der Waals surface area contributed by atoms with Gasteiger partial charge >= 0.3 is 0 Å². The van der Waals surface area contributed by atoms with Crippen LogP contribution in [0.3, 0.4) is 0 Å². The predicted molar refractivity (Wildman–Crippen MR) is 173 cm³/mol. The fraction of sp³-hybridized carbons (Fsp3) is 0.294. The van der Waals surface area contributed by atoms with Crippen LogP contribution >= 0.6 is 15.9 Å². The molecular formula is C34H33BrN6O4. The van der Waals surface area contributed by atoms with Crippen molar-refractivity contribution in [3.05, 3.63) is 96.3 Å². The largest absolute Gasteiger partial charge is 0.482 e. The lowest BCUT2D eigenvalue weighted by Crippen LogP contribution is -2.53. The molecule has 0 aliphatic carbocycles. The summed E-state index contributed by atoms with van der Waals surface area (Å²) < 4.78 is 27.2. The van der Waals surface area contributed by atoms with Crippen molar-refractivity contribution in [2.45, 2.75) is 37.9 Å². The molecule has 6 aromatic rings. The first kappa shape index (κ1) is 29.4. The third-order valence-electron chi connectivity index (χ3n) is 8.35. The van der Waals surface area contributed by atoms with Gasteiger partial charge in [0.1, 0.15) is 11.5 Å². The van der Waals surface area contributed by atoms with Gasteiger partial charge in [0.2, 0.25) is 0 Å². The number of benzene rings is 2. The fourth-order valence-corrected chi connectivity index (χ4v) is 5.59. The van der Waals surface area contributed by atoms with Crippen molar-refractivity contribution < 1.29 is 18.9 Å². The van der Waals surface area contributed by atoms with Crippen molar-refractivity contribution in [3.63, 3.8) is 0 Å². The van der Waals surface area contributed by atoms with Crippen LogP contribution < -0.4 is 9.47 Å². The summed E-state index contributed by atoms with van der Waals surface area (Å²) in [6, 6.07) is 18.0. The number of halogens is 1. The summed E-state index contributed by atoms with van der Waals surface area (Å²) in [5.74, 6) is 1.75. The maximum Gasteiger partial charge on any atom is 0.169 e. The zero-order valence-electron chi connectivity index (χ0n) is 25.1.